The average molecular weight is 329 g/mol. The Labute approximate surface area is 130 Å². The van der Waals surface area contributed by atoms with Gasteiger partial charge >= 0.3 is 0 Å². The van der Waals surface area contributed by atoms with Crippen LogP contribution in [0.4, 0.5) is 15.8 Å². The molecule has 4 nitrogen and oxygen atoms in total. The summed E-state index contributed by atoms with van der Waals surface area (Å²) in [4.78, 5) is 11.8. The van der Waals surface area contributed by atoms with E-state index in [2.05, 4.69) is 5.32 Å². The number of carbonyl (C=O) groups excluding carboxylic acids is 1. The lowest BCUT2D eigenvalue weighted by Crippen LogP contribution is -2.21. The van der Waals surface area contributed by atoms with Crippen molar-refractivity contribution in [2.45, 2.75) is 0 Å². The van der Waals surface area contributed by atoms with Crippen molar-refractivity contribution in [3.05, 3.63) is 52.3 Å². The number of amides is 1. The summed E-state index contributed by atoms with van der Waals surface area (Å²) >= 11 is 11.8. The van der Waals surface area contributed by atoms with Crippen LogP contribution in [0.2, 0.25) is 10.0 Å². The van der Waals surface area contributed by atoms with E-state index >= 15 is 0 Å². The largest absolute Gasteiger partial charge is 0.482 e. The van der Waals surface area contributed by atoms with Gasteiger partial charge in [-0.3, -0.25) is 4.79 Å². The first-order valence-electron chi connectivity index (χ1n) is 5.89. The van der Waals surface area contributed by atoms with Gasteiger partial charge in [0.25, 0.3) is 5.91 Å². The van der Waals surface area contributed by atoms with Gasteiger partial charge in [-0.05, 0) is 30.3 Å². The van der Waals surface area contributed by atoms with Gasteiger partial charge in [0.1, 0.15) is 16.6 Å². The van der Waals surface area contributed by atoms with Crippen LogP contribution in [0.1, 0.15) is 0 Å². The zero-order valence-electron chi connectivity index (χ0n) is 10.7. The van der Waals surface area contributed by atoms with Crippen LogP contribution >= 0.6 is 23.2 Å². The SMILES string of the molecule is Nc1cc(F)ccc1NC(=O)COc1cccc(Cl)c1Cl. The smallest absolute Gasteiger partial charge is 0.262 e. The van der Waals surface area contributed by atoms with Gasteiger partial charge in [0, 0.05) is 0 Å². The lowest BCUT2D eigenvalue weighted by molar-refractivity contribution is -0.118. The molecule has 0 saturated heterocycles. The van der Waals surface area contributed by atoms with E-state index in [0.717, 1.165) is 6.07 Å². The fourth-order valence-corrected chi connectivity index (χ4v) is 1.92. The summed E-state index contributed by atoms with van der Waals surface area (Å²) in [5, 5.41) is 3.07. The van der Waals surface area contributed by atoms with E-state index in [-0.39, 0.29) is 17.3 Å². The molecule has 0 aliphatic heterocycles. The van der Waals surface area contributed by atoms with Gasteiger partial charge in [0.05, 0.1) is 16.4 Å². The van der Waals surface area contributed by atoms with E-state index in [0.29, 0.717) is 16.5 Å². The number of nitrogen functional groups attached to an aromatic ring is 1. The highest BCUT2D eigenvalue weighted by molar-refractivity contribution is 6.42. The number of hydrogen-bond acceptors (Lipinski definition) is 3. The standard InChI is InChI=1S/C14H11Cl2FN2O2/c15-9-2-1-3-12(14(9)16)21-7-13(20)19-11-5-4-8(17)6-10(11)18/h1-6H,7,18H2,(H,19,20). The summed E-state index contributed by atoms with van der Waals surface area (Å²) in [7, 11) is 0. The Kier molecular flexibility index (Phi) is 4.88. The topological polar surface area (TPSA) is 64.3 Å². The first-order valence-corrected chi connectivity index (χ1v) is 6.64. The number of carbonyl (C=O) groups is 1. The quantitative estimate of drug-likeness (QED) is 0.840. The van der Waals surface area contributed by atoms with Crippen LogP contribution in [0.15, 0.2) is 36.4 Å². The molecule has 2 aromatic carbocycles. The van der Waals surface area contributed by atoms with Gasteiger partial charge in [-0.2, -0.15) is 0 Å². The molecule has 0 heterocycles. The molecule has 0 aromatic heterocycles. The van der Waals surface area contributed by atoms with Crippen LogP contribution in [0, 0.1) is 5.82 Å². The molecule has 3 N–H and O–H groups in total. The third-order valence-electron chi connectivity index (χ3n) is 2.56. The number of hydrogen-bond donors (Lipinski definition) is 2. The maximum atomic E-state index is 12.9. The molecule has 0 aliphatic carbocycles. The number of halogens is 3. The van der Waals surface area contributed by atoms with E-state index in [4.69, 9.17) is 33.7 Å². The zero-order chi connectivity index (χ0) is 15.4. The van der Waals surface area contributed by atoms with Crippen LogP contribution in [-0.4, -0.2) is 12.5 Å². The van der Waals surface area contributed by atoms with E-state index in [1.807, 2.05) is 0 Å². The number of benzene rings is 2. The highest BCUT2D eigenvalue weighted by Gasteiger charge is 2.10. The molecule has 21 heavy (non-hydrogen) atoms. The van der Waals surface area contributed by atoms with Gasteiger partial charge in [-0.1, -0.05) is 29.3 Å². The van der Waals surface area contributed by atoms with Crippen molar-refractivity contribution in [2.75, 3.05) is 17.7 Å². The van der Waals surface area contributed by atoms with Crippen LogP contribution in [0.3, 0.4) is 0 Å². The predicted molar refractivity (Wildman–Crippen MR) is 81.4 cm³/mol. The van der Waals surface area contributed by atoms with Crippen molar-refractivity contribution in [3.8, 4) is 5.75 Å². The molecule has 0 radical (unpaired) electrons. The lowest BCUT2D eigenvalue weighted by Gasteiger charge is -2.10. The van der Waals surface area contributed by atoms with Crippen LogP contribution in [0.25, 0.3) is 0 Å². The lowest BCUT2D eigenvalue weighted by atomic mass is 10.2. The van der Waals surface area contributed by atoms with Crippen molar-refractivity contribution in [1.82, 2.24) is 0 Å². The fourth-order valence-electron chi connectivity index (χ4n) is 1.57. The van der Waals surface area contributed by atoms with E-state index in [1.165, 1.54) is 12.1 Å². The maximum Gasteiger partial charge on any atom is 0.262 e. The van der Waals surface area contributed by atoms with Crippen molar-refractivity contribution in [2.24, 2.45) is 0 Å². The van der Waals surface area contributed by atoms with Gasteiger partial charge < -0.3 is 15.8 Å². The Morgan fingerprint density at radius 2 is 2.05 bits per heavy atom. The molecule has 0 atom stereocenters. The number of nitrogens with two attached hydrogens (primary N) is 1. The second-order valence-electron chi connectivity index (χ2n) is 4.12. The summed E-state index contributed by atoms with van der Waals surface area (Å²) in [6.07, 6.45) is 0. The Morgan fingerprint density at radius 3 is 2.76 bits per heavy atom. The van der Waals surface area contributed by atoms with Gasteiger partial charge in [-0.15, -0.1) is 0 Å². The third-order valence-corrected chi connectivity index (χ3v) is 3.36. The van der Waals surface area contributed by atoms with Crippen LogP contribution < -0.4 is 15.8 Å². The molecule has 110 valence electrons. The number of rotatable bonds is 4. The Balaban J connectivity index is 1.97. The minimum absolute atomic E-state index is 0.129. The summed E-state index contributed by atoms with van der Waals surface area (Å²) in [5.74, 6) is -0.636. The van der Waals surface area contributed by atoms with Gasteiger partial charge in [-0.25, -0.2) is 4.39 Å². The maximum absolute atomic E-state index is 12.9. The molecule has 0 saturated carbocycles. The molecule has 2 aromatic rings. The molecule has 0 aliphatic rings. The molecule has 0 unspecified atom stereocenters. The monoisotopic (exact) mass is 328 g/mol. The van der Waals surface area contributed by atoms with Crippen molar-refractivity contribution in [1.29, 1.82) is 0 Å². The predicted octanol–water partition coefficient (Wildman–Crippen LogP) is 3.73. The average Bonchev–Trinajstić information content (AvgIpc) is 2.43. The van der Waals surface area contributed by atoms with Crippen molar-refractivity contribution >= 4 is 40.5 Å². The second-order valence-corrected chi connectivity index (χ2v) is 4.91. The van der Waals surface area contributed by atoms with Crippen molar-refractivity contribution < 1.29 is 13.9 Å². The number of ether oxygens (including phenoxy) is 1. The Bertz CT molecular complexity index is 680. The van der Waals surface area contributed by atoms with Crippen LogP contribution in [0.5, 0.6) is 5.75 Å². The molecule has 7 heteroatoms. The highest BCUT2D eigenvalue weighted by Crippen LogP contribution is 2.31. The summed E-state index contributed by atoms with van der Waals surface area (Å²) < 4.78 is 18.2. The Hall–Kier alpha value is -1.98. The molecular weight excluding hydrogens is 318 g/mol. The van der Waals surface area contributed by atoms with E-state index in [1.54, 1.807) is 18.2 Å². The highest BCUT2D eigenvalue weighted by atomic mass is 35.5. The summed E-state index contributed by atoms with van der Waals surface area (Å²) in [5.41, 5.74) is 6.02. The Morgan fingerprint density at radius 1 is 1.29 bits per heavy atom. The number of nitrogens with one attached hydrogen (secondary N) is 1. The fraction of sp³-hybridized carbons (Fsp3) is 0.0714. The molecule has 2 rings (SSSR count). The molecule has 0 bridgehead atoms. The first kappa shape index (κ1) is 15.4. The van der Waals surface area contributed by atoms with E-state index < -0.39 is 11.7 Å². The summed E-state index contributed by atoms with van der Waals surface area (Å²) in [6, 6.07) is 8.53. The first-order chi connectivity index (χ1) is 9.97. The second kappa shape index (κ2) is 6.65. The third kappa shape index (κ3) is 4.00. The molecule has 1 amide bonds. The van der Waals surface area contributed by atoms with Crippen molar-refractivity contribution in [3.63, 3.8) is 0 Å². The normalized spacial score (nSPS) is 10.2. The minimum atomic E-state index is -0.479. The number of anilines is 2. The minimum Gasteiger partial charge on any atom is -0.482 e. The zero-order valence-corrected chi connectivity index (χ0v) is 12.2. The van der Waals surface area contributed by atoms with Gasteiger partial charge in [0.15, 0.2) is 6.61 Å². The van der Waals surface area contributed by atoms with Crippen LogP contribution in [-0.2, 0) is 4.79 Å². The molecular formula is C14H11Cl2FN2O2. The molecule has 0 fully saturated rings. The summed E-state index contributed by atoms with van der Waals surface area (Å²) in [6.45, 7) is -0.281. The van der Waals surface area contributed by atoms with Gasteiger partial charge in [0.2, 0.25) is 0 Å². The van der Waals surface area contributed by atoms with E-state index in [9.17, 15) is 9.18 Å². The molecule has 0 spiro atoms.